The molecule has 0 spiro atoms. The van der Waals surface area contributed by atoms with Crippen molar-refractivity contribution in [1.82, 2.24) is 9.88 Å². The van der Waals surface area contributed by atoms with Gasteiger partial charge in [0.2, 0.25) is 0 Å². The Morgan fingerprint density at radius 2 is 1.45 bits per heavy atom. The third kappa shape index (κ3) is 5.15. The molecule has 0 amide bonds. The molecule has 0 radical (unpaired) electrons. The zero-order chi connectivity index (χ0) is 22.3. The normalized spacial score (nSPS) is 14.4. The van der Waals surface area contributed by atoms with Gasteiger partial charge >= 0.3 is 0 Å². The second-order valence-corrected chi connectivity index (χ2v) is 8.58. The Morgan fingerprint density at radius 1 is 0.758 bits per heavy atom. The minimum atomic E-state index is 0.729. The Morgan fingerprint density at radius 3 is 2.15 bits per heavy atom. The van der Waals surface area contributed by atoms with E-state index in [2.05, 4.69) is 76.6 Å². The molecule has 0 saturated carbocycles. The number of piperidine rings is 1. The molecule has 166 valence electrons. The first kappa shape index (κ1) is 21.4. The Kier molecular flexibility index (Phi) is 6.79. The van der Waals surface area contributed by atoms with Crippen molar-refractivity contribution in [3.05, 3.63) is 114 Å². The average Bonchev–Trinajstić information content (AvgIpc) is 2.89. The SMILES string of the molecule is c1ccc(C(=C2CCN(CCCOc3cccc4ncccc34)CC2)c2ccccc2)cc1. The third-order valence-electron chi connectivity index (χ3n) is 6.42. The fourth-order valence-corrected chi connectivity index (χ4v) is 4.75. The van der Waals surface area contributed by atoms with Crippen molar-refractivity contribution in [2.24, 2.45) is 0 Å². The van der Waals surface area contributed by atoms with Gasteiger partial charge < -0.3 is 9.64 Å². The molecular formula is C30H30N2O. The molecule has 1 aliphatic heterocycles. The number of likely N-dealkylation sites (tertiary alicyclic amines) is 1. The van der Waals surface area contributed by atoms with Gasteiger partial charge in [-0.15, -0.1) is 0 Å². The minimum Gasteiger partial charge on any atom is -0.493 e. The predicted octanol–water partition coefficient (Wildman–Crippen LogP) is 6.60. The van der Waals surface area contributed by atoms with Gasteiger partial charge in [0.25, 0.3) is 0 Å². The summed E-state index contributed by atoms with van der Waals surface area (Å²) in [5.41, 5.74) is 6.63. The van der Waals surface area contributed by atoms with Crippen LogP contribution in [0, 0.1) is 0 Å². The van der Waals surface area contributed by atoms with Crippen molar-refractivity contribution in [1.29, 1.82) is 0 Å². The highest BCUT2D eigenvalue weighted by molar-refractivity contribution is 5.84. The lowest BCUT2D eigenvalue weighted by molar-refractivity contribution is 0.224. The van der Waals surface area contributed by atoms with Gasteiger partial charge in [0.15, 0.2) is 0 Å². The Balaban J connectivity index is 1.19. The predicted molar refractivity (Wildman–Crippen MR) is 136 cm³/mol. The molecule has 0 unspecified atom stereocenters. The molecule has 5 rings (SSSR count). The number of hydrogen-bond acceptors (Lipinski definition) is 3. The smallest absolute Gasteiger partial charge is 0.128 e. The zero-order valence-electron chi connectivity index (χ0n) is 19.0. The van der Waals surface area contributed by atoms with E-state index in [-0.39, 0.29) is 0 Å². The summed E-state index contributed by atoms with van der Waals surface area (Å²) in [4.78, 5) is 6.99. The molecule has 0 atom stereocenters. The number of benzene rings is 3. The zero-order valence-corrected chi connectivity index (χ0v) is 19.0. The van der Waals surface area contributed by atoms with Crippen LogP contribution in [0.4, 0.5) is 0 Å². The highest BCUT2D eigenvalue weighted by Gasteiger charge is 2.18. The molecule has 4 aromatic rings. The van der Waals surface area contributed by atoms with Crippen LogP contribution in [0.1, 0.15) is 30.4 Å². The highest BCUT2D eigenvalue weighted by Crippen LogP contribution is 2.32. The molecule has 3 nitrogen and oxygen atoms in total. The standard InChI is InChI=1S/C30H30N2O/c1-3-10-24(11-4-1)30(25-12-5-2-6-13-25)26-17-21-32(22-18-26)20-9-23-33-29-16-7-15-28-27(29)14-8-19-31-28/h1-8,10-16,19H,9,17-18,20-23H2. The lowest BCUT2D eigenvalue weighted by atomic mass is 9.88. The highest BCUT2D eigenvalue weighted by atomic mass is 16.5. The Hall–Kier alpha value is -3.43. The second kappa shape index (κ2) is 10.5. The number of pyridine rings is 1. The van der Waals surface area contributed by atoms with Crippen LogP contribution >= 0.6 is 0 Å². The topological polar surface area (TPSA) is 25.4 Å². The van der Waals surface area contributed by atoms with Gasteiger partial charge in [-0.3, -0.25) is 4.98 Å². The summed E-state index contributed by atoms with van der Waals surface area (Å²) in [5, 5.41) is 1.09. The van der Waals surface area contributed by atoms with Gasteiger partial charge in [0.05, 0.1) is 12.1 Å². The lowest BCUT2D eigenvalue weighted by Crippen LogP contribution is -2.32. The summed E-state index contributed by atoms with van der Waals surface area (Å²) in [6.45, 7) is 4.02. The molecule has 3 heteroatoms. The van der Waals surface area contributed by atoms with Crippen LogP contribution in [0.2, 0.25) is 0 Å². The maximum atomic E-state index is 6.11. The summed E-state index contributed by atoms with van der Waals surface area (Å²) >= 11 is 0. The van der Waals surface area contributed by atoms with Crippen LogP contribution in [0.25, 0.3) is 16.5 Å². The summed E-state index contributed by atoms with van der Waals surface area (Å²) < 4.78 is 6.11. The van der Waals surface area contributed by atoms with Crippen molar-refractivity contribution < 1.29 is 4.74 Å². The van der Waals surface area contributed by atoms with E-state index in [1.807, 2.05) is 30.5 Å². The summed E-state index contributed by atoms with van der Waals surface area (Å²) in [7, 11) is 0. The fourth-order valence-electron chi connectivity index (χ4n) is 4.75. The molecule has 33 heavy (non-hydrogen) atoms. The average molecular weight is 435 g/mol. The number of rotatable bonds is 7. The molecule has 1 fully saturated rings. The summed E-state index contributed by atoms with van der Waals surface area (Å²) in [5.74, 6) is 0.930. The van der Waals surface area contributed by atoms with Crippen molar-refractivity contribution in [3.8, 4) is 5.75 Å². The first-order chi connectivity index (χ1) is 16.4. The molecule has 0 bridgehead atoms. The van der Waals surface area contributed by atoms with E-state index in [0.29, 0.717) is 0 Å². The molecular weight excluding hydrogens is 404 g/mol. The number of aromatic nitrogens is 1. The van der Waals surface area contributed by atoms with Crippen LogP contribution in [0.15, 0.2) is 103 Å². The Labute approximate surface area is 196 Å². The lowest BCUT2D eigenvalue weighted by Gasteiger charge is -2.30. The molecule has 2 heterocycles. The number of fused-ring (bicyclic) bond motifs is 1. The van der Waals surface area contributed by atoms with Crippen LogP contribution in [-0.2, 0) is 0 Å². The van der Waals surface area contributed by atoms with Crippen LogP contribution < -0.4 is 4.74 Å². The van der Waals surface area contributed by atoms with Crippen molar-refractivity contribution in [2.45, 2.75) is 19.3 Å². The van der Waals surface area contributed by atoms with Crippen LogP contribution in [0.3, 0.4) is 0 Å². The number of hydrogen-bond donors (Lipinski definition) is 0. The summed E-state index contributed by atoms with van der Waals surface area (Å²) in [6, 6.07) is 31.8. The van der Waals surface area contributed by atoms with Gasteiger partial charge in [-0.2, -0.15) is 0 Å². The first-order valence-corrected chi connectivity index (χ1v) is 11.9. The number of nitrogens with zero attached hydrogens (tertiary/aromatic N) is 2. The molecule has 1 aromatic heterocycles. The van der Waals surface area contributed by atoms with Crippen molar-refractivity contribution >= 4 is 16.5 Å². The van der Waals surface area contributed by atoms with E-state index in [0.717, 1.165) is 62.2 Å². The third-order valence-corrected chi connectivity index (χ3v) is 6.42. The van der Waals surface area contributed by atoms with E-state index >= 15 is 0 Å². The monoisotopic (exact) mass is 434 g/mol. The minimum absolute atomic E-state index is 0.729. The largest absolute Gasteiger partial charge is 0.493 e. The van der Waals surface area contributed by atoms with E-state index < -0.39 is 0 Å². The van der Waals surface area contributed by atoms with Gasteiger partial charge in [0, 0.05) is 31.2 Å². The van der Waals surface area contributed by atoms with E-state index in [9.17, 15) is 0 Å². The number of ether oxygens (including phenoxy) is 1. The van der Waals surface area contributed by atoms with Crippen LogP contribution in [0.5, 0.6) is 5.75 Å². The molecule has 1 aliphatic rings. The quantitative estimate of drug-likeness (QED) is 0.306. The maximum absolute atomic E-state index is 6.11. The molecule has 0 N–H and O–H groups in total. The van der Waals surface area contributed by atoms with E-state index in [1.165, 1.54) is 16.7 Å². The molecule has 0 aliphatic carbocycles. The molecule has 1 saturated heterocycles. The first-order valence-electron chi connectivity index (χ1n) is 11.9. The molecule has 3 aromatic carbocycles. The van der Waals surface area contributed by atoms with Crippen molar-refractivity contribution in [3.63, 3.8) is 0 Å². The van der Waals surface area contributed by atoms with Gasteiger partial charge in [0.1, 0.15) is 5.75 Å². The van der Waals surface area contributed by atoms with E-state index in [4.69, 9.17) is 4.74 Å². The van der Waals surface area contributed by atoms with Gasteiger partial charge in [-0.25, -0.2) is 0 Å². The Bertz CT molecular complexity index is 1160. The van der Waals surface area contributed by atoms with Gasteiger partial charge in [-0.05, 0) is 60.2 Å². The summed E-state index contributed by atoms with van der Waals surface area (Å²) in [6.07, 6.45) is 5.09. The van der Waals surface area contributed by atoms with E-state index in [1.54, 1.807) is 5.57 Å². The van der Waals surface area contributed by atoms with Gasteiger partial charge in [-0.1, -0.05) is 72.3 Å². The van der Waals surface area contributed by atoms with Crippen LogP contribution in [-0.4, -0.2) is 36.1 Å². The van der Waals surface area contributed by atoms with Crippen molar-refractivity contribution in [2.75, 3.05) is 26.2 Å². The second-order valence-electron chi connectivity index (χ2n) is 8.58. The fraction of sp³-hybridized carbons (Fsp3) is 0.233. The maximum Gasteiger partial charge on any atom is 0.128 e.